The van der Waals surface area contributed by atoms with E-state index < -0.39 is 13.0 Å². The molecule has 0 heterocycles. The van der Waals surface area contributed by atoms with Gasteiger partial charge in [-0.15, -0.1) is 0 Å². The highest BCUT2D eigenvalue weighted by molar-refractivity contribution is 5.23. The second-order valence-corrected chi connectivity index (χ2v) is 4.38. The van der Waals surface area contributed by atoms with E-state index in [4.69, 9.17) is 4.74 Å². The summed E-state index contributed by atoms with van der Waals surface area (Å²) in [6.45, 7) is 0.597. The van der Waals surface area contributed by atoms with Crippen LogP contribution in [0, 0.1) is 0 Å². The number of halogens is 2. The second kappa shape index (κ2) is 6.07. The standard InChI is InChI=1S/C13H17F2NO/c14-13(15)9-17-8-11-3-1-2-10(6-11)7-16-12-4-5-12/h1-3,6,12-13,16H,4-5,7-9H2. The van der Waals surface area contributed by atoms with Crippen LogP contribution in [0.15, 0.2) is 24.3 Å². The predicted molar refractivity (Wildman–Crippen MR) is 62.0 cm³/mol. The lowest BCUT2D eigenvalue weighted by Crippen LogP contribution is -2.15. The topological polar surface area (TPSA) is 21.3 Å². The largest absolute Gasteiger partial charge is 0.371 e. The normalized spacial score (nSPS) is 15.5. The number of benzene rings is 1. The number of ether oxygens (including phenoxy) is 1. The number of alkyl halides is 2. The van der Waals surface area contributed by atoms with Gasteiger partial charge in [0.1, 0.15) is 6.61 Å². The third-order valence-electron chi connectivity index (χ3n) is 2.68. The molecule has 4 heteroatoms. The first-order chi connectivity index (χ1) is 8.24. The maximum Gasteiger partial charge on any atom is 0.261 e. The van der Waals surface area contributed by atoms with Gasteiger partial charge in [0.2, 0.25) is 0 Å². The summed E-state index contributed by atoms with van der Waals surface area (Å²) in [7, 11) is 0. The molecule has 1 saturated carbocycles. The van der Waals surface area contributed by atoms with E-state index >= 15 is 0 Å². The molecule has 1 aliphatic carbocycles. The maximum absolute atomic E-state index is 11.9. The Balaban J connectivity index is 1.78. The minimum Gasteiger partial charge on any atom is -0.371 e. The summed E-state index contributed by atoms with van der Waals surface area (Å²) < 4.78 is 28.7. The molecular formula is C13H17F2NO. The number of hydrogen-bond acceptors (Lipinski definition) is 2. The first kappa shape index (κ1) is 12.5. The minimum absolute atomic E-state index is 0.252. The average Bonchev–Trinajstić information content (AvgIpc) is 3.10. The maximum atomic E-state index is 11.9. The van der Waals surface area contributed by atoms with Crippen LogP contribution in [0.3, 0.4) is 0 Å². The van der Waals surface area contributed by atoms with Crippen molar-refractivity contribution in [3.05, 3.63) is 35.4 Å². The van der Waals surface area contributed by atoms with Crippen molar-refractivity contribution in [2.24, 2.45) is 0 Å². The van der Waals surface area contributed by atoms with Gasteiger partial charge in [0.25, 0.3) is 6.43 Å². The molecule has 0 amide bonds. The summed E-state index contributed by atoms with van der Waals surface area (Å²) in [4.78, 5) is 0. The molecule has 0 aliphatic heterocycles. The molecule has 0 unspecified atom stereocenters. The third kappa shape index (κ3) is 4.79. The van der Waals surface area contributed by atoms with Crippen LogP contribution < -0.4 is 5.32 Å². The molecule has 1 aromatic rings. The highest BCUT2D eigenvalue weighted by Gasteiger charge is 2.19. The molecule has 1 N–H and O–H groups in total. The van der Waals surface area contributed by atoms with Gasteiger partial charge in [-0.1, -0.05) is 24.3 Å². The number of rotatable bonds is 7. The van der Waals surface area contributed by atoms with Crippen LogP contribution in [-0.4, -0.2) is 19.1 Å². The summed E-state index contributed by atoms with van der Waals surface area (Å²) in [5.74, 6) is 0. The molecule has 2 rings (SSSR count). The van der Waals surface area contributed by atoms with Crippen molar-refractivity contribution in [2.75, 3.05) is 6.61 Å². The first-order valence-corrected chi connectivity index (χ1v) is 5.91. The minimum atomic E-state index is -2.39. The van der Waals surface area contributed by atoms with E-state index in [2.05, 4.69) is 5.32 Å². The van der Waals surface area contributed by atoms with E-state index in [0.29, 0.717) is 6.04 Å². The van der Waals surface area contributed by atoms with Gasteiger partial charge in [0.15, 0.2) is 0 Å². The average molecular weight is 241 g/mol. The quantitative estimate of drug-likeness (QED) is 0.792. The van der Waals surface area contributed by atoms with Crippen molar-refractivity contribution in [3.63, 3.8) is 0 Å². The number of nitrogens with one attached hydrogen (secondary N) is 1. The lowest BCUT2D eigenvalue weighted by atomic mass is 10.1. The van der Waals surface area contributed by atoms with E-state index in [1.165, 1.54) is 18.4 Å². The summed E-state index contributed by atoms with van der Waals surface area (Å²) in [6.07, 6.45) is 0.128. The molecule has 0 aromatic heterocycles. The predicted octanol–water partition coefficient (Wildman–Crippen LogP) is 2.72. The van der Waals surface area contributed by atoms with Crippen molar-refractivity contribution in [1.82, 2.24) is 5.32 Å². The number of hydrogen-bond donors (Lipinski definition) is 1. The van der Waals surface area contributed by atoms with Crippen LogP contribution in [0.4, 0.5) is 8.78 Å². The van der Waals surface area contributed by atoms with E-state index in [9.17, 15) is 8.78 Å². The Bertz CT molecular complexity index is 353. The highest BCUT2D eigenvalue weighted by atomic mass is 19.3. The van der Waals surface area contributed by atoms with Crippen molar-refractivity contribution in [2.45, 2.75) is 38.5 Å². The first-order valence-electron chi connectivity index (χ1n) is 5.91. The Labute approximate surface area is 100.0 Å². The molecular weight excluding hydrogens is 224 g/mol. The van der Waals surface area contributed by atoms with Gasteiger partial charge in [-0.25, -0.2) is 8.78 Å². The summed E-state index contributed by atoms with van der Waals surface area (Å²) in [5, 5.41) is 3.41. The third-order valence-corrected chi connectivity index (χ3v) is 2.68. The monoisotopic (exact) mass is 241 g/mol. The van der Waals surface area contributed by atoms with Gasteiger partial charge in [-0.3, -0.25) is 0 Å². The summed E-state index contributed by atoms with van der Waals surface area (Å²) >= 11 is 0. The molecule has 1 aliphatic rings. The van der Waals surface area contributed by atoms with E-state index in [1.807, 2.05) is 24.3 Å². The zero-order chi connectivity index (χ0) is 12.1. The lowest BCUT2D eigenvalue weighted by molar-refractivity contribution is 0.00986. The van der Waals surface area contributed by atoms with Crippen molar-refractivity contribution < 1.29 is 13.5 Å². The van der Waals surface area contributed by atoms with Crippen LogP contribution in [0.2, 0.25) is 0 Å². The van der Waals surface area contributed by atoms with Gasteiger partial charge in [-0.2, -0.15) is 0 Å². The Morgan fingerprint density at radius 1 is 1.29 bits per heavy atom. The molecule has 0 atom stereocenters. The fourth-order valence-electron chi connectivity index (χ4n) is 1.64. The Morgan fingerprint density at radius 3 is 2.76 bits per heavy atom. The van der Waals surface area contributed by atoms with Gasteiger partial charge in [0.05, 0.1) is 6.61 Å². The van der Waals surface area contributed by atoms with Gasteiger partial charge in [0, 0.05) is 12.6 Å². The smallest absolute Gasteiger partial charge is 0.261 e. The van der Waals surface area contributed by atoms with Crippen molar-refractivity contribution in [1.29, 1.82) is 0 Å². The van der Waals surface area contributed by atoms with Gasteiger partial charge in [-0.05, 0) is 24.0 Å². The fourth-order valence-corrected chi connectivity index (χ4v) is 1.64. The Hall–Kier alpha value is -1.00. The van der Waals surface area contributed by atoms with E-state index in [-0.39, 0.29) is 6.61 Å². The molecule has 2 nitrogen and oxygen atoms in total. The highest BCUT2D eigenvalue weighted by Crippen LogP contribution is 2.19. The van der Waals surface area contributed by atoms with Crippen LogP contribution in [0.1, 0.15) is 24.0 Å². The van der Waals surface area contributed by atoms with Crippen molar-refractivity contribution in [3.8, 4) is 0 Å². The zero-order valence-corrected chi connectivity index (χ0v) is 9.66. The lowest BCUT2D eigenvalue weighted by Gasteiger charge is -2.07. The molecule has 0 saturated heterocycles. The summed E-state index contributed by atoms with van der Waals surface area (Å²) in [6, 6.07) is 8.54. The van der Waals surface area contributed by atoms with Gasteiger partial charge >= 0.3 is 0 Å². The zero-order valence-electron chi connectivity index (χ0n) is 9.66. The fraction of sp³-hybridized carbons (Fsp3) is 0.538. The molecule has 0 spiro atoms. The molecule has 0 bridgehead atoms. The molecule has 94 valence electrons. The van der Waals surface area contributed by atoms with E-state index in [0.717, 1.165) is 12.1 Å². The van der Waals surface area contributed by atoms with Crippen molar-refractivity contribution >= 4 is 0 Å². The van der Waals surface area contributed by atoms with Gasteiger partial charge < -0.3 is 10.1 Å². The molecule has 1 aromatic carbocycles. The van der Waals surface area contributed by atoms with E-state index in [1.54, 1.807) is 0 Å². The van der Waals surface area contributed by atoms with Crippen LogP contribution >= 0.6 is 0 Å². The second-order valence-electron chi connectivity index (χ2n) is 4.38. The SMILES string of the molecule is FC(F)COCc1cccc(CNC2CC2)c1. The summed E-state index contributed by atoms with van der Waals surface area (Å²) in [5.41, 5.74) is 2.12. The molecule has 17 heavy (non-hydrogen) atoms. The van der Waals surface area contributed by atoms with Crippen LogP contribution in [0.5, 0.6) is 0 Å². The Kier molecular flexibility index (Phi) is 4.45. The van der Waals surface area contributed by atoms with Crippen LogP contribution in [-0.2, 0) is 17.9 Å². The Morgan fingerprint density at radius 2 is 2.06 bits per heavy atom. The van der Waals surface area contributed by atoms with Crippen LogP contribution in [0.25, 0.3) is 0 Å². The molecule has 1 fully saturated rings. The molecule has 0 radical (unpaired) electrons.